The summed E-state index contributed by atoms with van der Waals surface area (Å²) in [6.45, 7) is 0. The second-order valence-electron chi connectivity index (χ2n) is 13.3. The van der Waals surface area contributed by atoms with Gasteiger partial charge in [-0.05, 0) is 57.3 Å². The highest BCUT2D eigenvalue weighted by Crippen LogP contribution is 2.46. The molecule has 0 aliphatic carbocycles. The second-order valence-corrected chi connectivity index (χ2v) is 13.3. The summed E-state index contributed by atoms with van der Waals surface area (Å²) in [6.07, 6.45) is 0. The highest BCUT2D eigenvalue weighted by Gasteiger charge is 2.21. The van der Waals surface area contributed by atoms with E-state index in [4.69, 9.17) is 4.42 Å². The Kier molecular flexibility index (Phi) is 7.18. The van der Waals surface area contributed by atoms with Crippen LogP contribution >= 0.6 is 0 Å². The molecular formula is C50H33NO. The molecule has 9 aromatic carbocycles. The molecule has 0 atom stereocenters. The Hall–Kier alpha value is -6.90. The first-order valence-corrected chi connectivity index (χ1v) is 17.8. The monoisotopic (exact) mass is 663 g/mol. The molecule has 2 nitrogen and oxygen atoms in total. The fraction of sp³-hybridized carbons (Fsp3) is 0. The first kappa shape index (κ1) is 30.0. The van der Waals surface area contributed by atoms with E-state index in [1.807, 2.05) is 0 Å². The molecule has 0 aliphatic heterocycles. The van der Waals surface area contributed by atoms with Crippen LogP contribution < -0.4 is 4.90 Å². The number of rotatable bonds is 6. The van der Waals surface area contributed by atoms with E-state index in [-0.39, 0.29) is 0 Å². The van der Waals surface area contributed by atoms with Gasteiger partial charge >= 0.3 is 0 Å². The summed E-state index contributed by atoms with van der Waals surface area (Å²) >= 11 is 0. The predicted molar refractivity (Wildman–Crippen MR) is 220 cm³/mol. The lowest BCUT2D eigenvalue weighted by Gasteiger charge is -2.28. The van der Waals surface area contributed by atoms with Gasteiger partial charge in [0.25, 0.3) is 0 Å². The molecule has 0 bridgehead atoms. The van der Waals surface area contributed by atoms with Crippen LogP contribution in [0.4, 0.5) is 17.1 Å². The van der Waals surface area contributed by atoms with Crippen molar-refractivity contribution in [2.45, 2.75) is 0 Å². The predicted octanol–water partition coefficient (Wildman–Crippen LogP) is 14.4. The van der Waals surface area contributed by atoms with E-state index in [0.717, 1.165) is 61.3 Å². The number of anilines is 3. The Morgan fingerprint density at radius 3 is 1.58 bits per heavy atom. The van der Waals surface area contributed by atoms with E-state index in [9.17, 15) is 0 Å². The van der Waals surface area contributed by atoms with Gasteiger partial charge in [-0.3, -0.25) is 0 Å². The van der Waals surface area contributed by atoms with E-state index in [0.29, 0.717) is 0 Å². The number of para-hydroxylation sites is 3. The van der Waals surface area contributed by atoms with Crippen LogP contribution in [-0.4, -0.2) is 0 Å². The van der Waals surface area contributed by atoms with Crippen LogP contribution in [0.2, 0.25) is 0 Å². The standard InChI is InChI=1S/C50H33NO/c1-3-14-34(15-4-1)35-28-30-37(31-29-35)40-23-12-25-45-46-26-13-24-44(50(46)52-49(40)45)42-32-33-48(43-22-10-9-21-41(42)43)51(38-18-5-2-6-19-38)47-27-11-17-36-16-7-8-20-39(36)47/h1-33H. The van der Waals surface area contributed by atoms with E-state index >= 15 is 0 Å². The van der Waals surface area contributed by atoms with Crippen LogP contribution in [0.15, 0.2) is 205 Å². The fourth-order valence-electron chi connectivity index (χ4n) is 7.83. The molecule has 10 rings (SSSR count). The van der Waals surface area contributed by atoms with E-state index < -0.39 is 0 Å². The molecular weight excluding hydrogens is 631 g/mol. The van der Waals surface area contributed by atoms with Gasteiger partial charge in [-0.15, -0.1) is 0 Å². The van der Waals surface area contributed by atoms with Gasteiger partial charge in [-0.2, -0.15) is 0 Å². The Morgan fingerprint density at radius 2 is 0.808 bits per heavy atom. The summed E-state index contributed by atoms with van der Waals surface area (Å²) in [5, 5.41) is 7.00. The van der Waals surface area contributed by atoms with Crippen molar-refractivity contribution < 1.29 is 4.42 Å². The molecule has 0 unspecified atom stereocenters. The molecule has 0 N–H and O–H groups in total. The third-order valence-electron chi connectivity index (χ3n) is 10.3. The molecule has 0 fully saturated rings. The minimum Gasteiger partial charge on any atom is -0.455 e. The van der Waals surface area contributed by atoms with Crippen molar-refractivity contribution in [3.8, 4) is 33.4 Å². The molecule has 0 saturated carbocycles. The molecule has 10 aromatic rings. The van der Waals surface area contributed by atoms with Gasteiger partial charge in [0.1, 0.15) is 11.2 Å². The topological polar surface area (TPSA) is 16.4 Å². The van der Waals surface area contributed by atoms with Crippen LogP contribution in [0.1, 0.15) is 0 Å². The van der Waals surface area contributed by atoms with Gasteiger partial charge in [0.05, 0.1) is 11.4 Å². The molecule has 52 heavy (non-hydrogen) atoms. The number of furan rings is 1. The van der Waals surface area contributed by atoms with Gasteiger partial charge in [0.15, 0.2) is 0 Å². The lowest BCUT2D eigenvalue weighted by atomic mass is 9.94. The smallest absolute Gasteiger partial charge is 0.143 e. The molecule has 0 aliphatic rings. The Labute approximate surface area is 302 Å². The molecule has 244 valence electrons. The van der Waals surface area contributed by atoms with Crippen molar-refractivity contribution in [2.75, 3.05) is 4.90 Å². The van der Waals surface area contributed by atoms with Crippen molar-refractivity contribution in [2.24, 2.45) is 0 Å². The summed E-state index contributed by atoms with van der Waals surface area (Å²) < 4.78 is 6.94. The Morgan fingerprint density at radius 1 is 0.288 bits per heavy atom. The molecule has 0 amide bonds. The zero-order chi connectivity index (χ0) is 34.4. The first-order valence-electron chi connectivity index (χ1n) is 17.8. The molecule has 2 heteroatoms. The minimum atomic E-state index is 0.901. The summed E-state index contributed by atoms with van der Waals surface area (Å²) in [7, 11) is 0. The van der Waals surface area contributed by atoms with Crippen molar-refractivity contribution >= 4 is 60.5 Å². The largest absolute Gasteiger partial charge is 0.455 e. The van der Waals surface area contributed by atoms with Crippen LogP contribution in [0.5, 0.6) is 0 Å². The van der Waals surface area contributed by atoms with Crippen LogP contribution in [0, 0.1) is 0 Å². The van der Waals surface area contributed by atoms with Crippen LogP contribution in [-0.2, 0) is 0 Å². The van der Waals surface area contributed by atoms with Crippen LogP contribution in [0.3, 0.4) is 0 Å². The van der Waals surface area contributed by atoms with Gasteiger partial charge in [0, 0.05) is 38.4 Å². The summed E-state index contributed by atoms with van der Waals surface area (Å²) in [6, 6.07) is 71.5. The zero-order valence-electron chi connectivity index (χ0n) is 28.4. The number of benzene rings is 9. The fourth-order valence-corrected chi connectivity index (χ4v) is 7.83. The molecule has 1 heterocycles. The molecule has 0 spiro atoms. The lowest BCUT2D eigenvalue weighted by Crippen LogP contribution is -2.11. The van der Waals surface area contributed by atoms with Crippen molar-refractivity contribution in [1.82, 2.24) is 0 Å². The van der Waals surface area contributed by atoms with E-state index in [2.05, 4.69) is 205 Å². The maximum Gasteiger partial charge on any atom is 0.143 e. The van der Waals surface area contributed by atoms with E-state index in [1.54, 1.807) is 0 Å². The maximum absolute atomic E-state index is 6.94. The minimum absolute atomic E-state index is 0.901. The number of fused-ring (bicyclic) bond motifs is 5. The van der Waals surface area contributed by atoms with Gasteiger partial charge in [-0.25, -0.2) is 0 Å². The third kappa shape index (κ3) is 4.96. The summed E-state index contributed by atoms with van der Waals surface area (Å²) in [4.78, 5) is 2.39. The van der Waals surface area contributed by atoms with Gasteiger partial charge < -0.3 is 9.32 Å². The molecule has 0 saturated heterocycles. The third-order valence-corrected chi connectivity index (χ3v) is 10.3. The van der Waals surface area contributed by atoms with Crippen molar-refractivity contribution in [1.29, 1.82) is 0 Å². The normalized spacial score (nSPS) is 11.5. The highest BCUT2D eigenvalue weighted by atomic mass is 16.3. The Bertz CT molecular complexity index is 2880. The molecule has 0 radical (unpaired) electrons. The first-order chi connectivity index (χ1) is 25.8. The average Bonchev–Trinajstić information content (AvgIpc) is 3.61. The van der Waals surface area contributed by atoms with Crippen molar-refractivity contribution in [3.63, 3.8) is 0 Å². The summed E-state index contributed by atoms with van der Waals surface area (Å²) in [5.41, 5.74) is 12.0. The highest BCUT2D eigenvalue weighted by molar-refractivity contribution is 6.16. The average molecular weight is 664 g/mol. The number of hydrogen-bond donors (Lipinski definition) is 0. The van der Waals surface area contributed by atoms with Crippen LogP contribution in [0.25, 0.3) is 76.9 Å². The quantitative estimate of drug-likeness (QED) is 0.176. The SMILES string of the molecule is c1ccc(-c2ccc(-c3cccc4c3oc3c(-c5ccc(N(c6ccccc6)c6cccc7ccccc67)c6ccccc56)cccc34)cc2)cc1. The number of hydrogen-bond acceptors (Lipinski definition) is 2. The Balaban J connectivity index is 1.14. The van der Waals surface area contributed by atoms with Crippen molar-refractivity contribution in [3.05, 3.63) is 200 Å². The second kappa shape index (κ2) is 12.5. The maximum atomic E-state index is 6.94. The number of nitrogens with zero attached hydrogens (tertiary/aromatic N) is 1. The van der Waals surface area contributed by atoms with Gasteiger partial charge in [-0.1, -0.05) is 176 Å². The summed E-state index contributed by atoms with van der Waals surface area (Å²) in [5.74, 6) is 0. The zero-order valence-corrected chi connectivity index (χ0v) is 28.4. The van der Waals surface area contributed by atoms with Gasteiger partial charge in [0.2, 0.25) is 0 Å². The van der Waals surface area contributed by atoms with E-state index in [1.165, 1.54) is 32.7 Å². The molecule has 1 aromatic heterocycles. The lowest BCUT2D eigenvalue weighted by molar-refractivity contribution is 0.671.